The van der Waals surface area contributed by atoms with E-state index in [1.54, 1.807) is 6.07 Å². The van der Waals surface area contributed by atoms with Gasteiger partial charge in [0, 0.05) is 6.42 Å². The van der Waals surface area contributed by atoms with Crippen molar-refractivity contribution in [3.05, 3.63) is 47.4 Å². The predicted octanol–water partition coefficient (Wildman–Crippen LogP) is 2.63. The number of aromatic nitrogens is 2. The van der Waals surface area contributed by atoms with Crippen LogP contribution in [0.4, 0.5) is 4.39 Å². The van der Waals surface area contributed by atoms with Crippen molar-refractivity contribution in [1.82, 2.24) is 10.1 Å². The SMILES string of the molecule is CC[C@H](N)c1nc(Cc2cccc(F)c2)no1.Cl. The van der Waals surface area contributed by atoms with E-state index in [1.807, 2.05) is 13.0 Å². The van der Waals surface area contributed by atoms with E-state index in [-0.39, 0.29) is 24.3 Å². The van der Waals surface area contributed by atoms with Gasteiger partial charge in [-0.3, -0.25) is 0 Å². The summed E-state index contributed by atoms with van der Waals surface area (Å²) in [5.41, 5.74) is 6.58. The van der Waals surface area contributed by atoms with Crippen molar-refractivity contribution in [1.29, 1.82) is 0 Å². The molecule has 0 aliphatic rings. The molecular weight excluding hydrogens is 257 g/mol. The van der Waals surface area contributed by atoms with E-state index >= 15 is 0 Å². The van der Waals surface area contributed by atoms with Gasteiger partial charge in [0.05, 0.1) is 6.04 Å². The Hall–Kier alpha value is -1.46. The molecule has 2 N–H and O–H groups in total. The fourth-order valence-electron chi connectivity index (χ4n) is 1.49. The highest BCUT2D eigenvalue weighted by Gasteiger charge is 2.12. The molecule has 1 aromatic heterocycles. The van der Waals surface area contributed by atoms with Gasteiger partial charge < -0.3 is 10.3 Å². The summed E-state index contributed by atoms with van der Waals surface area (Å²) in [4.78, 5) is 4.18. The fraction of sp³-hybridized carbons (Fsp3) is 0.333. The maximum Gasteiger partial charge on any atom is 0.243 e. The first-order valence-electron chi connectivity index (χ1n) is 5.51. The summed E-state index contributed by atoms with van der Waals surface area (Å²) >= 11 is 0. The van der Waals surface area contributed by atoms with Gasteiger partial charge in [0.1, 0.15) is 5.82 Å². The Morgan fingerprint density at radius 3 is 2.89 bits per heavy atom. The van der Waals surface area contributed by atoms with Crippen molar-refractivity contribution in [3.63, 3.8) is 0 Å². The zero-order chi connectivity index (χ0) is 12.3. The summed E-state index contributed by atoms with van der Waals surface area (Å²) in [5, 5.41) is 3.82. The largest absolute Gasteiger partial charge is 0.338 e. The Labute approximate surface area is 111 Å². The van der Waals surface area contributed by atoms with E-state index in [4.69, 9.17) is 10.3 Å². The monoisotopic (exact) mass is 271 g/mol. The van der Waals surface area contributed by atoms with Gasteiger partial charge in [-0.15, -0.1) is 12.4 Å². The Morgan fingerprint density at radius 2 is 2.22 bits per heavy atom. The molecule has 0 saturated heterocycles. The van der Waals surface area contributed by atoms with E-state index in [1.165, 1.54) is 12.1 Å². The first-order valence-corrected chi connectivity index (χ1v) is 5.51. The van der Waals surface area contributed by atoms with Crippen LogP contribution in [0.3, 0.4) is 0 Å². The van der Waals surface area contributed by atoms with E-state index in [9.17, 15) is 4.39 Å². The summed E-state index contributed by atoms with van der Waals surface area (Å²) in [6, 6.07) is 6.10. The maximum absolute atomic E-state index is 13.0. The van der Waals surface area contributed by atoms with Crippen LogP contribution in [0.2, 0.25) is 0 Å². The van der Waals surface area contributed by atoms with Crippen molar-refractivity contribution in [2.24, 2.45) is 5.73 Å². The molecule has 18 heavy (non-hydrogen) atoms. The number of halogens is 2. The molecule has 0 radical (unpaired) electrons. The van der Waals surface area contributed by atoms with Crippen molar-refractivity contribution in [2.75, 3.05) is 0 Å². The molecule has 1 heterocycles. The second kappa shape index (κ2) is 6.47. The van der Waals surface area contributed by atoms with Crippen LogP contribution in [-0.2, 0) is 6.42 Å². The van der Waals surface area contributed by atoms with Crippen LogP contribution in [0.15, 0.2) is 28.8 Å². The Morgan fingerprint density at radius 1 is 1.44 bits per heavy atom. The molecule has 6 heteroatoms. The minimum Gasteiger partial charge on any atom is -0.338 e. The van der Waals surface area contributed by atoms with Gasteiger partial charge in [-0.1, -0.05) is 24.2 Å². The van der Waals surface area contributed by atoms with Gasteiger partial charge in [0.2, 0.25) is 5.89 Å². The normalized spacial score (nSPS) is 11.9. The third kappa shape index (κ3) is 3.51. The maximum atomic E-state index is 13.0. The lowest BCUT2D eigenvalue weighted by Crippen LogP contribution is -2.08. The molecule has 2 aromatic rings. The van der Waals surface area contributed by atoms with Crippen LogP contribution in [0, 0.1) is 5.82 Å². The molecule has 0 spiro atoms. The molecule has 0 fully saturated rings. The molecule has 0 saturated carbocycles. The summed E-state index contributed by atoms with van der Waals surface area (Å²) in [5.74, 6) is 0.685. The quantitative estimate of drug-likeness (QED) is 0.928. The van der Waals surface area contributed by atoms with Crippen molar-refractivity contribution in [3.8, 4) is 0 Å². The minimum atomic E-state index is -0.267. The number of benzene rings is 1. The van der Waals surface area contributed by atoms with Crippen molar-refractivity contribution >= 4 is 12.4 Å². The van der Waals surface area contributed by atoms with Crippen LogP contribution >= 0.6 is 12.4 Å². The van der Waals surface area contributed by atoms with E-state index in [0.29, 0.717) is 18.1 Å². The first-order chi connectivity index (χ1) is 8.19. The molecular formula is C12H15ClFN3O. The van der Waals surface area contributed by atoms with E-state index < -0.39 is 0 Å². The number of nitrogens with two attached hydrogens (primary N) is 1. The molecule has 0 aliphatic heterocycles. The highest BCUT2D eigenvalue weighted by Crippen LogP contribution is 2.13. The molecule has 0 unspecified atom stereocenters. The van der Waals surface area contributed by atoms with Crippen LogP contribution in [0.1, 0.15) is 36.7 Å². The fourth-order valence-corrected chi connectivity index (χ4v) is 1.49. The zero-order valence-electron chi connectivity index (χ0n) is 9.97. The van der Waals surface area contributed by atoms with E-state index in [2.05, 4.69) is 10.1 Å². The zero-order valence-corrected chi connectivity index (χ0v) is 10.8. The molecule has 1 atom stereocenters. The Kier molecular flexibility index (Phi) is 5.25. The van der Waals surface area contributed by atoms with Crippen LogP contribution in [0.5, 0.6) is 0 Å². The molecule has 2 rings (SSSR count). The van der Waals surface area contributed by atoms with Gasteiger partial charge in [0.25, 0.3) is 0 Å². The van der Waals surface area contributed by atoms with Gasteiger partial charge in [-0.25, -0.2) is 4.39 Å². The van der Waals surface area contributed by atoms with Gasteiger partial charge >= 0.3 is 0 Å². The molecule has 1 aromatic carbocycles. The van der Waals surface area contributed by atoms with Gasteiger partial charge in [-0.05, 0) is 24.1 Å². The molecule has 0 bridgehead atoms. The number of rotatable bonds is 4. The van der Waals surface area contributed by atoms with Gasteiger partial charge in [-0.2, -0.15) is 4.98 Å². The summed E-state index contributed by atoms with van der Waals surface area (Å²) in [7, 11) is 0. The third-order valence-corrected chi connectivity index (χ3v) is 2.49. The van der Waals surface area contributed by atoms with Crippen LogP contribution in [-0.4, -0.2) is 10.1 Å². The average Bonchev–Trinajstić information content (AvgIpc) is 2.76. The first kappa shape index (κ1) is 14.6. The Balaban J connectivity index is 0.00000162. The van der Waals surface area contributed by atoms with Crippen LogP contribution < -0.4 is 5.73 Å². The minimum absolute atomic E-state index is 0. The van der Waals surface area contributed by atoms with E-state index in [0.717, 1.165) is 12.0 Å². The highest BCUT2D eigenvalue weighted by molar-refractivity contribution is 5.85. The highest BCUT2D eigenvalue weighted by atomic mass is 35.5. The summed E-state index contributed by atoms with van der Waals surface area (Å²) in [6.07, 6.45) is 1.18. The lowest BCUT2D eigenvalue weighted by Gasteiger charge is -1.99. The second-order valence-corrected chi connectivity index (χ2v) is 3.87. The molecule has 4 nitrogen and oxygen atoms in total. The predicted molar refractivity (Wildman–Crippen MR) is 68.0 cm³/mol. The van der Waals surface area contributed by atoms with Crippen LogP contribution in [0.25, 0.3) is 0 Å². The third-order valence-electron chi connectivity index (χ3n) is 2.49. The topological polar surface area (TPSA) is 64.9 Å². The summed E-state index contributed by atoms with van der Waals surface area (Å²) < 4.78 is 18.0. The smallest absolute Gasteiger partial charge is 0.243 e. The molecule has 98 valence electrons. The second-order valence-electron chi connectivity index (χ2n) is 3.87. The number of hydrogen-bond acceptors (Lipinski definition) is 4. The van der Waals surface area contributed by atoms with Crippen molar-refractivity contribution in [2.45, 2.75) is 25.8 Å². The number of nitrogens with zero attached hydrogens (tertiary/aromatic N) is 2. The molecule has 0 amide bonds. The average molecular weight is 272 g/mol. The number of hydrogen-bond donors (Lipinski definition) is 1. The lowest BCUT2D eigenvalue weighted by molar-refractivity contribution is 0.348. The van der Waals surface area contributed by atoms with Gasteiger partial charge in [0.15, 0.2) is 5.82 Å². The Bertz CT molecular complexity index is 504. The standard InChI is InChI=1S/C12H14FN3O.ClH/c1-2-10(14)12-15-11(16-17-12)7-8-4-3-5-9(13)6-8;/h3-6,10H,2,7,14H2,1H3;1H/t10-;/m0./s1. The van der Waals surface area contributed by atoms with Crippen molar-refractivity contribution < 1.29 is 8.91 Å². The molecule has 0 aliphatic carbocycles. The lowest BCUT2D eigenvalue weighted by atomic mass is 10.1. The summed E-state index contributed by atoms with van der Waals surface area (Å²) in [6.45, 7) is 1.95.